The monoisotopic (exact) mass is 382 g/mol. The number of anilines is 1. The molecule has 2 heterocycles. The summed E-state index contributed by atoms with van der Waals surface area (Å²) in [5, 5.41) is 22.4. The van der Waals surface area contributed by atoms with Gasteiger partial charge in [0, 0.05) is 11.8 Å². The van der Waals surface area contributed by atoms with Crippen LogP contribution in [0.2, 0.25) is 5.15 Å². The molecule has 4 rings (SSSR count). The Hall–Kier alpha value is -3.25. The maximum Gasteiger partial charge on any atom is 0.244 e. The summed E-state index contributed by atoms with van der Waals surface area (Å²) < 4.78 is 5.35. The smallest absolute Gasteiger partial charge is 0.244 e. The Balaban J connectivity index is 2.08. The van der Waals surface area contributed by atoms with Crippen molar-refractivity contribution in [1.82, 2.24) is 4.98 Å². The lowest BCUT2D eigenvalue weighted by Gasteiger charge is -2.28. The number of aromatic nitrogens is 1. The van der Waals surface area contributed by atoms with Crippen LogP contribution < -0.4 is 10.1 Å². The first kappa shape index (κ1) is 17.2. The number of phenols is 2. The van der Waals surface area contributed by atoms with Crippen molar-refractivity contribution >= 4 is 23.2 Å². The van der Waals surface area contributed by atoms with E-state index in [4.69, 9.17) is 16.3 Å². The predicted molar refractivity (Wildman–Crippen MR) is 101 cm³/mol. The number of carbonyl (C=O) groups excluding carboxylic acids is 1. The van der Waals surface area contributed by atoms with Gasteiger partial charge in [0.15, 0.2) is 10.9 Å². The van der Waals surface area contributed by atoms with Gasteiger partial charge >= 0.3 is 0 Å². The second-order valence-corrected chi connectivity index (χ2v) is 6.53. The molecule has 27 heavy (non-hydrogen) atoms. The quantitative estimate of drug-likeness (QED) is 0.603. The molecular weight excluding hydrogens is 368 g/mol. The molecule has 3 aromatic rings. The summed E-state index contributed by atoms with van der Waals surface area (Å²) in [6.07, 6.45) is 1.54. The molecule has 0 saturated carbocycles. The molecule has 0 radical (unpaired) electrons. The number of amides is 1. The first-order chi connectivity index (χ1) is 13.0. The van der Waals surface area contributed by atoms with Crippen molar-refractivity contribution in [1.29, 1.82) is 0 Å². The predicted octanol–water partition coefficient (Wildman–Crippen LogP) is 3.44. The third kappa shape index (κ3) is 2.41. The summed E-state index contributed by atoms with van der Waals surface area (Å²) in [6, 6.07) is 12.8. The lowest BCUT2D eigenvalue weighted by molar-refractivity contribution is -0.118. The molecule has 1 amide bonds. The highest BCUT2D eigenvalue weighted by molar-refractivity contribution is 6.32. The maximum absolute atomic E-state index is 13.3. The minimum atomic E-state index is -1.23. The third-order valence-corrected chi connectivity index (χ3v) is 5.05. The van der Waals surface area contributed by atoms with Crippen LogP contribution in [-0.4, -0.2) is 28.2 Å². The summed E-state index contributed by atoms with van der Waals surface area (Å²) in [4.78, 5) is 17.5. The molecule has 3 N–H and O–H groups in total. The maximum atomic E-state index is 13.3. The van der Waals surface area contributed by atoms with Gasteiger partial charge in [0.2, 0.25) is 5.91 Å². The van der Waals surface area contributed by atoms with Crippen LogP contribution in [0.3, 0.4) is 0 Å². The Morgan fingerprint density at radius 2 is 1.52 bits per heavy atom. The molecule has 0 bridgehead atoms. The van der Waals surface area contributed by atoms with E-state index in [0.29, 0.717) is 22.4 Å². The zero-order chi connectivity index (χ0) is 19.2. The van der Waals surface area contributed by atoms with E-state index in [1.807, 2.05) is 0 Å². The van der Waals surface area contributed by atoms with Crippen LogP contribution in [-0.2, 0) is 10.2 Å². The zero-order valence-electron chi connectivity index (χ0n) is 14.2. The van der Waals surface area contributed by atoms with Gasteiger partial charge in [-0.05, 0) is 35.4 Å². The van der Waals surface area contributed by atoms with Crippen LogP contribution in [0.1, 0.15) is 16.7 Å². The van der Waals surface area contributed by atoms with Crippen molar-refractivity contribution in [3.63, 3.8) is 0 Å². The van der Waals surface area contributed by atoms with E-state index < -0.39 is 5.41 Å². The number of aromatic hydroxyl groups is 2. The second kappa shape index (κ2) is 6.17. The van der Waals surface area contributed by atoms with E-state index in [2.05, 4.69) is 10.3 Å². The van der Waals surface area contributed by atoms with Gasteiger partial charge in [-0.1, -0.05) is 35.9 Å². The van der Waals surface area contributed by atoms with Crippen LogP contribution in [0.5, 0.6) is 17.2 Å². The summed E-state index contributed by atoms with van der Waals surface area (Å²) in [6.45, 7) is 0. The molecule has 7 heteroatoms. The second-order valence-electron chi connectivity index (χ2n) is 6.17. The summed E-state index contributed by atoms with van der Waals surface area (Å²) in [7, 11) is 1.45. The fraction of sp³-hybridized carbons (Fsp3) is 0.100. The highest BCUT2D eigenvalue weighted by Crippen LogP contribution is 2.51. The van der Waals surface area contributed by atoms with Gasteiger partial charge in [0.1, 0.15) is 16.9 Å². The number of nitrogens with one attached hydrogen (secondary N) is 1. The Labute approximate surface area is 160 Å². The molecule has 0 fully saturated rings. The number of hydrogen-bond acceptors (Lipinski definition) is 5. The van der Waals surface area contributed by atoms with E-state index in [1.54, 1.807) is 24.3 Å². The van der Waals surface area contributed by atoms with Gasteiger partial charge in [-0.3, -0.25) is 4.79 Å². The van der Waals surface area contributed by atoms with Gasteiger partial charge in [-0.25, -0.2) is 4.98 Å². The van der Waals surface area contributed by atoms with Gasteiger partial charge in [0.25, 0.3) is 0 Å². The minimum absolute atomic E-state index is 0.0880. The Kier molecular flexibility index (Phi) is 3.93. The SMILES string of the molecule is COc1c(Cl)ncc2c1NC(=O)C2(c1ccc(O)cc1)c1ccc(O)cc1. The van der Waals surface area contributed by atoms with Gasteiger partial charge < -0.3 is 20.3 Å². The third-order valence-electron chi connectivity index (χ3n) is 4.78. The number of benzene rings is 2. The number of hydrogen-bond donors (Lipinski definition) is 3. The van der Waals surface area contributed by atoms with Crippen LogP contribution in [0.4, 0.5) is 5.69 Å². The average molecular weight is 383 g/mol. The summed E-state index contributed by atoms with van der Waals surface area (Å²) in [5.41, 5.74) is 1.05. The number of nitrogens with zero attached hydrogens (tertiary/aromatic N) is 1. The first-order valence-electron chi connectivity index (χ1n) is 8.12. The number of fused-ring (bicyclic) bond motifs is 1. The van der Waals surface area contributed by atoms with Gasteiger partial charge in [0.05, 0.1) is 12.8 Å². The van der Waals surface area contributed by atoms with Crippen molar-refractivity contribution in [3.8, 4) is 17.2 Å². The summed E-state index contributed by atoms with van der Waals surface area (Å²) >= 11 is 6.13. The molecule has 6 nitrogen and oxygen atoms in total. The molecule has 1 aromatic heterocycles. The van der Waals surface area contributed by atoms with E-state index in [1.165, 1.54) is 37.6 Å². The van der Waals surface area contributed by atoms with Crippen molar-refractivity contribution in [2.45, 2.75) is 5.41 Å². The molecule has 136 valence electrons. The topological polar surface area (TPSA) is 91.7 Å². The zero-order valence-corrected chi connectivity index (χ0v) is 15.0. The number of methoxy groups -OCH3 is 1. The minimum Gasteiger partial charge on any atom is -0.508 e. The van der Waals surface area contributed by atoms with Crippen molar-refractivity contribution in [2.75, 3.05) is 12.4 Å². The largest absolute Gasteiger partial charge is 0.508 e. The van der Waals surface area contributed by atoms with Crippen molar-refractivity contribution < 1.29 is 19.7 Å². The first-order valence-corrected chi connectivity index (χ1v) is 8.49. The number of carbonyl (C=O) groups is 1. The molecule has 0 unspecified atom stereocenters. The highest BCUT2D eigenvalue weighted by Gasteiger charge is 2.51. The number of halogens is 1. The van der Waals surface area contributed by atoms with Gasteiger partial charge in [-0.15, -0.1) is 0 Å². The summed E-state index contributed by atoms with van der Waals surface area (Å²) in [5.74, 6) is 0.147. The van der Waals surface area contributed by atoms with Crippen LogP contribution in [0.15, 0.2) is 54.7 Å². The normalized spacial score (nSPS) is 14.5. The lowest BCUT2D eigenvalue weighted by Crippen LogP contribution is -2.37. The van der Waals surface area contributed by atoms with Gasteiger partial charge in [-0.2, -0.15) is 0 Å². The van der Waals surface area contributed by atoms with Crippen LogP contribution in [0, 0.1) is 0 Å². The number of phenolic OH excluding ortho intramolecular Hbond substituents is 2. The lowest BCUT2D eigenvalue weighted by atomic mass is 9.70. The molecule has 0 atom stereocenters. The Bertz CT molecular complexity index is 988. The Morgan fingerprint density at radius 1 is 1.00 bits per heavy atom. The molecule has 1 aliphatic rings. The molecule has 2 aromatic carbocycles. The van der Waals surface area contributed by atoms with E-state index >= 15 is 0 Å². The number of pyridine rings is 1. The molecular formula is C20H15ClN2O4. The average Bonchev–Trinajstić information content (AvgIpc) is 2.96. The molecule has 1 aliphatic heterocycles. The standard InChI is InChI=1S/C20H15ClN2O4/c1-27-17-16-15(10-22-18(17)21)20(19(26)23-16,11-2-6-13(24)7-3-11)12-4-8-14(25)9-5-12/h2-10,24-25H,1H3,(H,23,26). The van der Waals surface area contributed by atoms with E-state index in [-0.39, 0.29) is 28.3 Å². The Morgan fingerprint density at radius 3 is 2.00 bits per heavy atom. The van der Waals surface area contributed by atoms with Crippen LogP contribution in [0.25, 0.3) is 0 Å². The van der Waals surface area contributed by atoms with Crippen molar-refractivity contribution in [3.05, 3.63) is 76.6 Å². The fourth-order valence-corrected chi connectivity index (χ4v) is 3.78. The van der Waals surface area contributed by atoms with E-state index in [9.17, 15) is 15.0 Å². The van der Waals surface area contributed by atoms with Crippen LogP contribution >= 0.6 is 11.6 Å². The van der Waals surface area contributed by atoms with Crippen molar-refractivity contribution in [2.24, 2.45) is 0 Å². The highest BCUT2D eigenvalue weighted by atomic mass is 35.5. The molecule has 0 aliphatic carbocycles. The molecule has 0 saturated heterocycles. The van der Waals surface area contributed by atoms with E-state index in [0.717, 1.165) is 0 Å². The number of ether oxygens (including phenoxy) is 1. The molecule has 0 spiro atoms. The fourth-order valence-electron chi connectivity index (χ4n) is 3.56. The number of rotatable bonds is 3.